The van der Waals surface area contributed by atoms with Crippen LogP contribution in [0.25, 0.3) is 0 Å². The fourth-order valence-corrected chi connectivity index (χ4v) is 5.72. The normalized spacial score (nSPS) is 14.8. The van der Waals surface area contributed by atoms with Gasteiger partial charge in [0, 0.05) is 22.3 Å². The van der Waals surface area contributed by atoms with Crippen molar-refractivity contribution in [1.82, 2.24) is 0 Å². The molecule has 0 aliphatic rings. The van der Waals surface area contributed by atoms with Gasteiger partial charge in [-0.3, -0.25) is 4.21 Å². The van der Waals surface area contributed by atoms with Crippen LogP contribution in [0.3, 0.4) is 0 Å². The molecule has 2 aromatic carbocycles. The second-order valence-electron chi connectivity index (χ2n) is 10.00. The van der Waals surface area contributed by atoms with E-state index >= 15 is 0 Å². The van der Waals surface area contributed by atoms with Crippen LogP contribution < -0.4 is 0 Å². The summed E-state index contributed by atoms with van der Waals surface area (Å²) in [5.74, 6) is 1.76. The van der Waals surface area contributed by atoms with Gasteiger partial charge >= 0.3 is 0 Å². The molecule has 0 aliphatic carbocycles. The second-order valence-corrected chi connectivity index (χ2v) is 11.7. The van der Waals surface area contributed by atoms with Crippen LogP contribution in [0.15, 0.2) is 60.7 Å². The minimum atomic E-state index is -0.643. The third kappa shape index (κ3) is 8.93. The molecule has 0 saturated carbocycles. The van der Waals surface area contributed by atoms with Gasteiger partial charge in [-0.05, 0) is 54.1 Å². The van der Waals surface area contributed by atoms with E-state index in [9.17, 15) is 4.21 Å². The van der Waals surface area contributed by atoms with Crippen LogP contribution in [0, 0.1) is 0 Å². The molecule has 0 heterocycles. The highest BCUT2D eigenvalue weighted by Gasteiger charge is 2.23. The maximum atomic E-state index is 12.4. The Kier molecular flexibility index (Phi) is 11.0. The van der Waals surface area contributed by atoms with Crippen LogP contribution in [0.4, 0.5) is 0 Å². The van der Waals surface area contributed by atoms with Crippen LogP contribution in [0.2, 0.25) is 0 Å². The number of unbranched alkanes of at least 4 members (excludes halogenated alkanes) is 4. The van der Waals surface area contributed by atoms with Crippen molar-refractivity contribution >= 4 is 10.8 Å². The minimum absolute atomic E-state index is 0.229. The Hall–Kier alpha value is -1.41. The predicted molar refractivity (Wildman–Crippen MR) is 138 cm³/mol. The van der Waals surface area contributed by atoms with Gasteiger partial charge in [-0.1, -0.05) is 114 Å². The summed E-state index contributed by atoms with van der Waals surface area (Å²) in [6.45, 7) is 9.35. The average Bonchev–Trinajstić information content (AvgIpc) is 2.79. The molecule has 0 bridgehead atoms. The van der Waals surface area contributed by atoms with Gasteiger partial charge in [-0.2, -0.15) is 0 Å². The lowest BCUT2D eigenvalue weighted by molar-refractivity contribution is 0.398. The van der Waals surface area contributed by atoms with Crippen LogP contribution >= 0.6 is 0 Å². The molecule has 0 N–H and O–H groups in total. The third-order valence-corrected chi connectivity index (χ3v) is 8.57. The van der Waals surface area contributed by atoms with Crippen molar-refractivity contribution in [3.05, 3.63) is 71.8 Å². The van der Waals surface area contributed by atoms with E-state index < -0.39 is 10.8 Å². The number of hydrogen-bond acceptors (Lipinski definition) is 1. The predicted octanol–water partition coefficient (Wildman–Crippen LogP) is 8.20. The van der Waals surface area contributed by atoms with Crippen molar-refractivity contribution in [3.63, 3.8) is 0 Å². The summed E-state index contributed by atoms with van der Waals surface area (Å²) in [4.78, 5) is 0. The molecule has 0 spiro atoms. The summed E-state index contributed by atoms with van der Waals surface area (Å²) in [5, 5.41) is 0. The Morgan fingerprint density at radius 1 is 0.645 bits per heavy atom. The first kappa shape index (κ1) is 25.8. The summed E-state index contributed by atoms with van der Waals surface area (Å²) in [6.07, 6.45) is 10.6. The van der Waals surface area contributed by atoms with E-state index in [2.05, 4.69) is 88.4 Å². The maximum Gasteiger partial charge on any atom is 0.0234 e. The molecular formula is C29H44OS. The van der Waals surface area contributed by atoms with Gasteiger partial charge in [0.2, 0.25) is 0 Å². The fraction of sp³-hybridized carbons (Fsp3) is 0.586. The van der Waals surface area contributed by atoms with Gasteiger partial charge in [0.25, 0.3) is 0 Å². The standard InChI is InChI=1S/C29H44OS/c1-5-29(4,27-20-12-7-13-21-27)23-15-9-17-25-31(30)24-16-8-14-22-28(2,3)26-18-10-6-11-19-26/h6-7,10-13,18-21H,5,8-9,14-17,22-25H2,1-4H3. The summed E-state index contributed by atoms with van der Waals surface area (Å²) in [5.41, 5.74) is 3.38. The van der Waals surface area contributed by atoms with E-state index in [-0.39, 0.29) is 10.8 Å². The van der Waals surface area contributed by atoms with Gasteiger partial charge in [0.15, 0.2) is 0 Å². The van der Waals surface area contributed by atoms with E-state index in [0.29, 0.717) is 0 Å². The van der Waals surface area contributed by atoms with Crippen molar-refractivity contribution < 1.29 is 4.21 Å². The summed E-state index contributed by atoms with van der Waals surface area (Å²) in [6, 6.07) is 21.7. The molecule has 0 aromatic heterocycles. The molecular weight excluding hydrogens is 396 g/mol. The summed E-state index contributed by atoms with van der Waals surface area (Å²) in [7, 11) is -0.643. The minimum Gasteiger partial charge on any atom is -0.260 e. The molecule has 2 aromatic rings. The highest BCUT2D eigenvalue weighted by Crippen LogP contribution is 2.33. The van der Waals surface area contributed by atoms with Gasteiger partial charge in [-0.15, -0.1) is 0 Å². The number of rotatable bonds is 15. The molecule has 2 atom stereocenters. The lowest BCUT2D eigenvalue weighted by atomic mass is 9.76. The third-order valence-electron chi connectivity index (χ3n) is 7.08. The van der Waals surface area contributed by atoms with Crippen molar-refractivity contribution in [2.45, 2.75) is 96.3 Å². The zero-order chi connectivity index (χ0) is 22.6. The van der Waals surface area contributed by atoms with Gasteiger partial charge in [-0.25, -0.2) is 0 Å². The first-order chi connectivity index (χ1) is 14.9. The van der Waals surface area contributed by atoms with Crippen molar-refractivity contribution in [1.29, 1.82) is 0 Å². The molecule has 0 fully saturated rings. The highest BCUT2D eigenvalue weighted by atomic mass is 32.2. The Labute approximate surface area is 194 Å². The average molecular weight is 441 g/mol. The van der Waals surface area contributed by atoms with Crippen LogP contribution in [0.1, 0.15) is 96.6 Å². The fourth-order valence-electron chi connectivity index (χ4n) is 4.46. The molecule has 0 saturated heterocycles. The highest BCUT2D eigenvalue weighted by molar-refractivity contribution is 7.84. The molecule has 172 valence electrons. The first-order valence-corrected chi connectivity index (χ1v) is 13.8. The van der Waals surface area contributed by atoms with Gasteiger partial charge in [0.05, 0.1) is 0 Å². The molecule has 31 heavy (non-hydrogen) atoms. The maximum absolute atomic E-state index is 12.4. The first-order valence-electron chi connectivity index (χ1n) is 12.3. The monoisotopic (exact) mass is 440 g/mol. The molecule has 2 rings (SSSR count). The van der Waals surface area contributed by atoms with Crippen molar-refractivity contribution in [2.75, 3.05) is 11.5 Å². The van der Waals surface area contributed by atoms with E-state index in [1.54, 1.807) is 0 Å². The van der Waals surface area contributed by atoms with E-state index in [0.717, 1.165) is 24.3 Å². The topological polar surface area (TPSA) is 17.1 Å². The molecule has 2 unspecified atom stereocenters. The largest absolute Gasteiger partial charge is 0.260 e. The van der Waals surface area contributed by atoms with Gasteiger partial charge < -0.3 is 0 Å². The quantitative estimate of drug-likeness (QED) is 0.255. The molecule has 0 radical (unpaired) electrons. The van der Waals surface area contributed by atoms with Crippen molar-refractivity contribution in [3.8, 4) is 0 Å². The van der Waals surface area contributed by atoms with Crippen LogP contribution in [-0.4, -0.2) is 15.7 Å². The molecule has 1 nitrogen and oxygen atoms in total. The zero-order valence-corrected chi connectivity index (χ0v) is 21.2. The smallest absolute Gasteiger partial charge is 0.0234 e. The lowest BCUT2D eigenvalue weighted by Crippen LogP contribution is -2.20. The number of hydrogen-bond donors (Lipinski definition) is 0. The van der Waals surface area contributed by atoms with Crippen molar-refractivity contribution in [2.24, 2.45) is 0 Å². The second kappa shape index (κ2) is 13.2. The summed E-state index contributed by atoms with van der Waals surface area (Å²) >= 11 is 0. The summed E-state index contributed by atoms with van der Waals surface area (Å²) < 4.78 is 12.4. The Morgan fingerprint density at radius 3 is 1.65 bits per heavy atom. The molecule has 0 aliphatic heterocycles. The van der Waals surface area contributed by atoms with Crippen LogP contribution in [-0.2, 0) is 21.6 Å². The Bertz CT molecular complexity index is 753. The van der Waals surface area contributed by atoms with Gasteiger partial charge in [0.1, 0.15) is 0 Å². The number of benzene rings is 2. The van der Waals surface area contributed by atoms with E-state index in [1.807, 2.05) is 0 Å². The molecule has 0 amide bonds. The Morgan fingerprint density at radius 2 is 1.13 bits per heavy atom. The molecule has 2 heteroatoms. The zero-order valence-electron chi connectivity index (χ0n) is 20.4. The van der Waals surface area contributed by atoms with Crippen LogP contribution in [0.5, 0.6) is 0 Å². The SMILES string of the molecule is CCC(C)(CCCCCS(=O)CCCCCC(C)(C)c1ccccc1)c1ccccc1. The van der Waals surface area contributed by atoms with E-state index in [1.165, 1.54) is 56.1 Å². The Balaban J connectivity index is 1.55. The lowest BCUT2D eigenvalue weighted by Gasteiger charge is -2.29. The van der Waals surface area contributed by atoms with E-state index in [4.69, 9.17) is 0 Å².